The highest BCUT2D eigenvalue weighted by atomic mass is 32.2. The lowest BCUT2D eigenvalue weighted by Gasteiger charge is -2.24. The van der Waals surface area contributed by atoms with Gasteiger partial charge in [-0.3, -0.25) is 14.5 Å². The van der Waals surface area contributed by atoms with Gasteiger partial charge in [0, 0.05) is 11.3 Å². The van der Waals surface area contributed by atoms with Gasteiger partial charge in [-0.05, 0) is 71.5 Å². The second-order valence-corrected chi connectivity index (χ2v) is 14.7. The maximum Gasteiger partial charge on any atom is 0.301 e. The number of aliphatic hydroxyl groups excluding tert-OH is 1. The predicted molar refractivity (Wildman–Crippen MR) is 198 cm³/mol. The SMILES string of the molecule is CCOc1cc(C2C(=C(O)c3ccc4c(c3)OCCO4)C(=O)C(=O)N2c2nnc(SCc3cccc4ccccc34)s2)ccc1OCCC(C)C. The van der Waals surface area contributed by atoms with Crippen molar-refractivity contribution in [3.63, 3.8) is 0 Å². The molecule has 2 aliphatic heterocycles. The molecule has 0 aliphatic carbocycles. The Balaban J connectivity index is 1.27. The van der Waals surface area contributed by atoms with E-state index < -0.39 is 17.7 Å². The van der Waals surface area contributed by atoms with Gasteiger partial charge in [0.25, 0.3) is 5.78 Å². The number of ketones is 1. The lowest BCUT2D eigenvalue weighted by molar-refractivity contribution is -0.132. The first-order valence-corrected chi connectivity index (χ1v) is 18.7. The Morgan fingerprint density at radius 2 is 1.76 bits per heavy atom. The van der Waals surface area contributed by atoms with Gasteiger partial charge >= 0.3 is 5.91 Å². The summed E-state index contributed by atoms with van der Waals surface area (Å²) in [6.45, 7) is 7.76. The number of Topliss-reactive ketones (excluding diaryl/α,β-unsaturated/α-hetero) is 1. The third-order valence-electron chi connectivity index (χ3n) is 8.63. The molecule has 3 heterocycles. The van der Waals surface area contributed by atoms with Crippen LogP contribution in [0.3, 0.4) is 0 Å². The number of anilines is 1. The Morgan fingerprint density at radius 1 is 0.961 bits per heavy atom. The molecule has 1 aromatic heterocycles. The van der Waals surface area contributed by atoms with Crippen molar-refractivity contribution in [2.75, 3.05) is 31.3 Å². The Kier molecular flexibility index (Phi) is 10.1. The molecular weight excluding hydrogens is 687 g/mol. The summed E-state index contributed by atoms with van der Waals surface area (Å²) in [6, 6.07) is 23.6. The first kappa shape index (κ1) is 34.4. The fraction of sp³-hybridized carbons (Fsp3) is 0.282. The van der Waals surface area contributed by atoms with E-state index in [1.807, 2.05) is 25.1 Å². The number of thioether (sulfide) groups is 1. The van der Waals surface area contributed by atoms with Gasteiger partial charge in [-0.25, -0.2) is 0 Å². The Labute approximate surface area is 304 Å². The molecule has 1 amide bonds. The number of benzene rings is 4. The van der Waals surface area contributed by atoms with Crippen LogP contribution in [0.2, 0.25) is 0 Å². The standard InChI is InChI=1S/C39H37N3O7S2/c1-4-46-31-20-25(12-14-29(31)47-17-16-23(2)3)34-33(35(43)26-13-15-30-32(21-26)49-19-18-48-30)36(44)37(45)42(34)38-40-41-39(51-38)50-22-27-10-7-9-24-8-5-6-11-28(24)27/h5-15,20-21,23,34,43H,4,16-19,22H2,1-3H3. The molecular formula is C39H37N3O7S2. The van der Waals surface area contributed by atoms with Crippen LogP contribution in [0.15, 0.2) is 88.8 Å². The van der Waals surface area contributed by atoms with E-state index in [1.54, 1.807) is 36.4 Å². The molecule has 0 saturated carbocycles. The molecule has 51 heavy (non-hydrogen) atoms. The van der Waals surface area contributed by atoms with Crippen molar-refractivity contribution >= 4 is 56.5 Å². The molecule has 262 valence electrons. The van der Waals surface area contributed by atoms with E-state index >= 15 is 0 Å². The van der Waals surface area contributed by atoms with E-state index in [9.17, 15) is 14.7 Å². The summed E-state index contributed by atoms with van der Waals surface area (Å²) in [5.41, 5.74) is 1.90. The minimum atomic E-state index is -1.04. The molecule has 1 atom stereocenters. The van der Waals surface area contributed by atoms with Gasteiger partial charge in [0.2, 0.25) is 5.13 Å². The van der Waals surface area contributed by atoms with Crippen LogP contribution in [0.25, 0.3) is 16.5 Å². The minimum absolute atomic E-state index is 0.0900. The first-order chi connectivity index (χ1) is 24.8. The van der Waals surface area contributed by atoms with E-state index in [1.165, 1.54) is 28.0 Å². The molecule has 1 unspecified atom stereocenters. The van der Waals surface area contributed by atoms with Crippen LogP contribution < -0.4 is 23.8 Å². The van der Waals surface area contributed by atoms with Crippen LogP contribution in [0, 0.1) is 5.92 Å². The average molecular weight is 724 g/mol. The van der Waals surface area contributed by atoms with Crippen LogP contribution in [-0.2, 0) is 15.3 Å². The molecule has 10 nitrogen and oxygen atoms in total. The number of ether oxygens (including phenoxy) is 4. The predicted octanol–water partition coefficient (Wildman–Crippen LogP) is 8.20. The lowest BCUT2D eigenvalue weighted by Crippen LogP contribution is -2.29. The summed E-state index contributed by atoms with van der Waals surface area (Å²) in [5, 5.41) is 23.1. The smallest absolute Gasteiger partial charge is 0.301 e. The summed E-state index contributed by atoms with van der Waals surface area (Å²) in [7, 11) is 0. The van der Waals surface area contributed by atoms with Gasteiger partial charge in [0.1, 0.15) is 19.0 Å². The van der Waals surface area contributed by atoms with Crippen molar-refractivity contribution in [3.05, 3.63) is 101 Å². The van der Waals surface area contributed by atoms with Crippen LogP contribution in [0.4, 0.5) is 5.13 Å². The Hall–Kier alpha value is -5.07. The molecule has 0 bridgehead atoms. The molecule has 0 radical (unpaired) electrons. The van der Waals surface area contributed by atoms with E-state index in [4.69, 9.17) is 18.9 Å². The fourth-order valence-corrected chi connectivity index (χ4v) is 7.97. The maximum atomic E-state index is 13.9. The maximum absolute atomic E-state index is 13.9. The van der Waals surface area contributed by atoms with Crippen LogP contribution in [-0.4, -0.2) is 53.4 Å². The van der Waals surface area contributed by atoms with Crippen molar-refractivity contribution in [3.8, 4) is 23.0 Å². The highest BCUT2D eigenvalue weighted by molar-refractivity contribution is 8.00. The van der Waals surface area contributed by atoms with E-state index in [0.717, 1.165) is 22.8 Å². The average Bonchev–Trinajstić information content (AvgIpc) is 3.72. The number of carbonyl (C=O) groups excluding carboxylic acids is 2. The van der Waals surface area contributed by atoms with Crippen molar-refractivity contribution in [1.82, 2.24) is 10.2 Å². The second-order valence-electron chi connectivity index (χ2n) is 12.5. The molecule has 1 saturated heterocycles. The minimum Gasteiger partial charge on any atom is -0.507 e. The number of aromatic nitrogens is 2. The number of aliphatic hydroxyl groups is 1. The van der Waals surface area contributed by atoms with Crippen molar-refractivity contribution in [2.45, 2.75) is 43.3 Å². The topological polar surface area (TPSA) is 120 Å². The Bertz CT molecular complexity index is 2120. The number of rotatable bonds is 12. The summed E-state index contributed by atoms with van der Waals surface area (Å²) in [5.74, 6) is 1.07. The number of fused-ring (bicyclic) bond motifs is 2. The quantitative estimate of drug-likeness (QED) is 0.0443. The van der Waals surface area contributed by atoms with Crippen molar-refractivity contribution < 1.29 is 33.6 Å². The lowest BCUT2D eigenvalue weighted by atomic mass is 9.95. The largest absolute Gasteiger partial charge is 0.507 e. The molecule has 1 fully saturated rings. The van der Waals surface area contributed by atoms with Gasteiger partial charge in [0.05, 0.1) is 24.8 Å². The number of hydrogen-bond donors (Lipinski definition) is 1. The second kappa shape index (κ2) is 15.0. The van der Waals surface area contributed by atoms with Crippen LogP contribution >= 0.6 is 23.1 Å². The van der Waals surface area contributed by atoms with Gasteiger partial charge in [-0.15, -0.1) is 10.2 Å². The van der Waals surface area contributed by atoms with Gasteiger partial charge < -0.3 is 24.1 Å². The van der Waals surface area contributed by atoms with E-state index in [-0.39, 0.29) is 16.5 Å². The third kappa shape index (κ3) is 7.11. The fourth-order valence-electron chi connectivity index (χ4n) is 6.09. The number of amides is 1. The van der Waals surface area contributed by atoms with Gasteiger partial charge in [-0.1, -0.05) is 85.5 Å². The zero-order chi connectivity index (χ0) is 35.5. The Morgan fingerprint density at radius 3 is 2.59 bits per heavy atom. The number of hydrogen-bond acceptors (Lipinski definition) is 11. The molecule has 4 aromatic carbocycles. The van der Waals surface area contributed by atoms with Crippen molar-refractivity contribution in [1.29, 1.82) is 0 Å². The molecule has 12 heteroatoms. The summed E-state index contributed by atoms with van der Waals surface area (Å²) in [4.78, 5) is 29.2. The number of carbonyl (C=O) groups is 2. The van der Waals surface area contributed by atoms with Gasteiger partial charge in [0.15, 0.2) is 27.3 Å². The normalized spacial score (nSPS) is 16.6. The summed E-state index contributed by atoms with van der Waals surface area (Å²) in [6.07, 6.45) is 0.862. The van der Waals surface area contributed by atoms with Crippen LogP contribution in [0.1, 0.15) is 49.9 Å². The summed E-state index contributed by atoms with van der Waals surface area (Å²) >= 11 is 2.72. The molecule has 0 spiro atoms. The molecule has 1 N–H and O–H groups in total. The highest BCUT2D eigenvalue weighted by Gasteiger charge is 2.48. The van der Waals surface area contributed by atoms with E-state index in [0.29, 0.717) is 76.6 Å². The molecule has 2 aliphatic rings. The zero-order valence-corrected chi connectivity index (χ0v) is 30.1. The third-order valence-corrected chi connectivity index (χ3v) is 10.7. The van der Waals surface area contributed by atoms with E-state index in [2.05, 4.69) is 48.3 Å². The zero-order valence-electron chi connectivity index (χ0n) is 28.5. The van der Waals surface area contributed by atoms with Crippen LogP contribution in [0.5, 0.6) is 23.0 Å². The van der Waals surface area contributed by atoms with Gasteiger partial charge in [-0.2, -0.15) is 0 Å². The monoisotopic (exact) mass is 723 g/mol. The molecule has 5 aromatic rings. The first-order valence-electron chi connectivity index (χ1n) is 16.9. The molecule has 7 rings (SSSR count). The summed E-state index contributed by atoms with van der Waals surface area (Å²) < 4.78 is 24.1. The van der Waals surface area contributed by atoms with Crippen molar-refractivity contribution in [2.24, 2.45) is 5.92 Å². The highest BCUT2D eigenvalue weighted by Crippen LogP contribution is 2.46. The number of nitrogens with zero attached hydrogens (tertiary/aromatic N) is 3.